The number of esters is 1. The van der Waals surface area contributed by atoms with Gasteiger partial charge in [0.2, 0.25) is 0 Å². The van der Waals surface area contributed by atoms with Gasteiger partial charge in [0.15, 0.2) is 0 Å². The van der Waals surface area contributed by atoms with E-state index < -0.39 is 16.1 Å². The summed E-state index contributed by atoms with van der Waals surface area (Å²) in [4.78, 5) is 10.9. The average molecular weight is 269 g/mol. The van der Waals surface area contributed by atoms with Gasteiger partial charge in [0.05, 0.1) is 17.1 Å². The van der Waals surface area contributed by atoms with Gasteiger partial charge in [-0.2, -0.15) is 8.42 Å². The monoisotopic (exact) mass is 269 g/mol. The predicted molar refractivity (Wildman–Crippen MR) is 58.0 cm³/mol. The number of carbonyl (C=O) groups excluding carboxylic acids is 1. The average Bonchev–Trinajstić information content (AvgIpc) is 2.17. The van der Waals surface area contributed by atoms with Gasteiger partial charge in [-0.3, -0.25) is 4.55 Å². The van der Waals surface area contributed by atoms with E-state index >= 15 is 0 Å². The molecule has 0 unspecified atom stereocenters. The zero-order chi connectivity index (χ0) is 11.5. The van der Waals surface area contributed by atoms with Gasteiger partial charge in [0.25, 0.3) is 10.1 Å². The first kappa shape index (κ1) is 16.2. The van der Waals surface area contributed by atoms with E-state index in [-0.39, 0.29) is 68.5 Å². The van der Waals surface area contributed by atoms with Crippen LogP contribution in [-0.4, -0.2) is 76.9 Å². The third-order valence-electron chi connectivity index (χ3n) is 1.66. The minimum Gasteiger partial charge on any atom is -0.462 e. The van der Waals surface area contributed by atoms with Gasteiger partial charge in [-0.05, 0) is 31.2 Å². The van der Waals surface area contributed by atoms with E-state index in [0.29, 0.717) is 0 Å². The fourth-order valence-corrected chi connectivity index (χ4v) is 1.46. The van der Waals surface area contributed by atoms with E-state index in [1.807, 2.05) is 0 Å². The standard InChI is InChI=1S/C9H10O5S.K/c1-2-14-9(10)7-3-5-8(6-4-7)15(11,12)13;/h3-6H,2H2,1H3,(H,11,12,13);. The van der Waals surface area contributed by atoms with Gasteiger partial charge < -0.3 is 4.74 Å². The second-order valence-electron chi connectivity index (χ2n) is 2.72. The molecule has 0 aliphatic rings. The largest absolute Gasteiger partial charge is 0.462 e. The zero-order valence-electron chi connectivity index (χ0n) is 9.00. The van der Waals surface area contributed by atoms with Crippen LogP contribution < -0.4 is 0 Å². The molecule has 0 heterocycles. The van der Waals surface area contributed by atoms with Crippen LogP contribution in [0.3, 0.4) is 0 Å². The fourth-order valence-electron chi connectivity index (χ4n) is 0.977. The second-order valence-corrected chi connectivity index (χ2v) is 4.14. The van der Waals surface area contributed by atoms with Gasteiger partial charge in [0, 0.05) is 51.4 Å². The molecule has 0 amide bonds. The van der Waals surface area contributed by atoms with Crippen molar-refractivity contribution in [1.29, 1.82) is 0 Å². The number of rotatable bonds is 3. The van der Waals surface area contributed by atoms with Crippen LogP contribution in [0.1, 0.15) is 17.3 Å². The third-order valence-corrected chi connectivity index (χ3v) is 2.53. The molecule has 16 heavy (non-hydrogen) atoms. The van der Waals surface area contributed by atoms with Crippen LogP contribution in [0.2, 0.25) is 0 Å². The number of benzene rings is 1. The first-order chi connectivity index (χ1) is 6.95. The maximum absolute atomic E-state index is 11.2. The summed E-state index contributed by atoms with van der Waals surface area (Å²) in [5.74, 6) is -0.528. The van der Waals surface area contributed by atoms with Crippen molar-refractivity contribution in [3.05, 3.63) is 29.8 Å². The van der Waals surface area contributed by atoms with E-state index in [1.54, 1.807) is 6.92 Å². The molecule has 0 aliphatic carbocycles. The topological polar surface area (TPSA) is 80.7 Å². The summed E-state index contributed by atoms with van der Waals surface area (Å²) in [6, 6.07) is 4.84. The molecule has 1 aromatic carbocycles. The molecule has 1 radical (unpaired) electrons. The number of hydrogen-bond donors (Lipinski definition) is 1. The normalized spacial score (nSPS) is 10.4. The van der Waals surface area contributed by atoms with Crippen LogP contribution in [0.25, 0.3) is 0 Å². The minimum absolute atomic E-state index is 0. The third kappa shape index (κ3) is 4.62. The first-order valence-electron chi connectivity index (χ1n) is 4.20. The molecule has 0 saturated heterocycles. The van der Waals surface area contributed by atoms with E-state index in [4.69, 9.17) is 9.29 Å². The molecule has 1 aromatic rings. The molecular formula is C9H10KO5S. The first-order valence-corrected chi connectivity index (χ1v) is 5.64. The van der Waals surface area contributed by atoms with E-state index in [1.165, 1.54) is 12.1 Å². The molecule has 0 aliphatic heterocycles. The van der Waals surface area contributed by atoms with Crippen LogP contribution in [0, 0.1) is 0 Å². The molecule has 0 atom stereocenters. The number of carbonyl (C=O) groups is 1. The Morgan fingerprint density at radius 2 is 1.81 bits per heavy atom. The van der Waals surface area contributed by atoms with Crippen LogP contribution in [0.5, 0.6) is 0 Å². The van der Waals surface area contributed by atoms with Crippen LogP contribution in [0.15, 0.2) is 29.2 Å². The molecule has 83 valence electrons. The van der Waals surface area contributed by atoms with Crippen molar-refractivity contribution in [1.82, 2.24) is 0 Å². The van der Waals surface area contributed by atoms with Crippen LogP contribution >= 0.6 is 0 Å². The maximum atomic E-state index is 11.2. The molecule has 0 spiro atoms. The second kappa shape index (κ2) is 6.85. The summed E-state index contributed by atoms with van der Waals surface area (Å²) in [6.45, 7) is 1.92. The summed E-state index contributed by atoms with van der Waals surface area (Å²) >= 11 is 0. The fraction of sp³-hybridized carbons (Fsp3) is 0.222. The molecule has 0 aromatic heterocycles. The Morgan fingerprint density at radius 1 is 1.31 bits per heavy atom. The Morgan fingerprint density at radius 3 is 2.19 bits per heavy atom. The van der Waals surface area contributed by atoms with E-state index in [0.717, 1.165) is 12.1 Å². The minimum atomic E-state index is -4.21. The molecule has 5 nitrogen and oxygen atoms in total. The Bertz CT molecular complexity index is 451. The van der Waals surface area contributed by atoms with Gasteiger partial charge in [-0.15, -0.1) is 0 Å². The van der Waals surface area contributed by atoms with Crippen molar-refractivity contribution >= 4 is 67.5 Å². The summed E-state index contributed by atoms with van der Waals surface area (Å²) in [7, 11) is -4.21. The smallest absolute Gasteiger partial charge is 0.338 e. The van der Waals surface area contributed by atoms with Crippen molar-refractivity contribution in [2.75, 3.05) is 6.61 Å². The van der Waals surface area contributed by atoms with Crippen molar-refractivity contribution in [3.8, 4) is 0 Å². The van der Waals surface area contributed by atoms with Crippen LogP contribution in [-0.2, 0) is 14.9 Å². The zero-order valence-corrected chi connectivity index (χ0v) is 12.9. The van der Waals surface area contributed by atoms with Gasteiger partial charge in [0.1, 0.15) is 0 Å². The quantitative estimate of drug-likeness (QED) is 0.497. The van der Waals surface area contributed by atoms with E-state index in [2.05, 4.69) is 0 Å². The molecule has 7 heteroatoms. The molecule has 1 rings (SSSR count). The molecular weight excluding hydrogens is 259 g/mol. The summed E-state index contributed by atoms with van der Waals surface area (Å²) in [6.07, 6.45) is 0. The molecule has 0 saturated carbocycles. The van der Waals surface area contributed by atoms with Crippen LogP contribution in [0.4, 0.5) is 0 Å². The Balaban J connectivity index is 0.00000225. The summed E-state index contributed by atoms with van der Waals surface area (Å²) in [5.41, 5.74) is 0.240. The van der Waals surface area contributed by atoms with Gasteiger partial charge >= 0.3 is 5.97 Å². The molecule has 0 bridgehead atoms. The van der Waals surface area contributed by atoms with Crippen molar-refractivity contribution in [2.24, 2.45) is 0 Å². The maximum Gasteiger partial charge on any atom is 0.338 e. The number of ether oxygens (including phenoxy) is 1. The SMILES string of the molecule is CCOC(=O)c1ccc(S(=O)(=O)O)cc1.[K]. The van der Waals surface area contributed by atoms with E-state index in [9.17, 15) is 13.2 Å². The van der Waals surface area contributed by atoms with Crippen molar-refractivity contribution in [3.63, 3.8) is 0 Å². The van der Waals surface area contributed by atoms with Gasteiger partial charge in [-0.25, -0.2) is 4.79 Å². The summed E-state index contributed by atoms with van der Waals surface area (Å²) in [5, 5.41) is 0. The Kier molecular flexibility index (Phi) is 6.95. The Labute approximate surface area is 136 Å². The van der Waals surface area contributed by atoms with Crippen molar-refractivity contribution < 1.29 is 22.5 Å². The molecule has 1 N–H and O–H groups in total. The summed E-state index contributed by atoms with van der Waals surface area (Å²) < 4.78 is 34.7. The Hall–Kier alpha value is 0.236. The van der Waals surface area contributed by atoms with Gasteiger partial charge in [-0.1, -0.05) is 0 Å². The molecule has 0 fully saturated rings. The predicted octanol–water partition coefficient (Wildman–Crippen LogP) is 0.729. The number of hydrogen-bond acceptors (Lipinski definition) is 4. The van der Waals surface area contributed by atoms with Crippen molar-refractivity contribution in [2.45, 2.75) is 11.8 Å².